The summed E-state index contributed by atoms with van der Waals surface area (Å²) in [7, 11) is 0. The van der Waals surface area contributed by atoms with E-state index in [4.69, 9.17) is 0 Å². The summed E-state index contributed by atoms with van der Waals surface area (Å²) in [5.74, 6) is 1.32. The average Bonchev–Trinajstić information content (AvgIpc) is 3.05. The highest BCUT2D eigenvalue weighted by Crippen LogP contribution is 2.20. The molecule has 0 unspecified atom stereocenters. The van der Waals surface area contributed by atoms with Gasteiger partial charge >= 0.3 is 0 Å². The molecule has 0 aliphatic rings. The summed E-state index contributed by atoms with van der Waals surface area (Å²) in [6.07, 6.45) is 3.50. The molecule has 20 heavy (non-hydrogen) atoms. The Morgan fingerprint density at radius 3 is 2.90 bits per heavy atom. The van der Waals surface area contributed by atoms with Gasteiger partial charge in [0, 0.05) is 17.6 Å². The van der Waals surface area contributed by atoms with Crippen LogP contribution in [-0.2, 0) is 6.54 Å². The first-order chi connectivity index (χ1) is 9.76. The van der Waals surface area contributed by atoms with E-state index in [2.05, 4.69) is 35.6 Å². The maximum atomic E-state index is 4.46. The number of fused-ring (bicyclic) bond motifs is 1. The fraction of sp³-hybridized carbons (Fsp3) is 0.333. The molecule has 0 saturated heterocycles. The number of nitrogens with zero attached hydrogens (tertiary/aromatic N) is 4. The molecule has 0 fully saturated rings. The normalized spacial score (nSPS) is 10.9. The van der Waals surface area contributed by atoms with E-state index >= 15 is 0 Å². The fourth-order valence-electron chi connectivity index (χ4n) is 1.86. The number of aromatic nitrogens is 5. The SMILES string of the molecule is CCNc1nc(NCc2cnc(C)s2)c2[nH]cnc2n1. The molecular formula is C12H15N7S. The van der Waals surface area contributed by atoms with E-state index in [1.807, 2.05) is 20.0 Å². The summed E-state index contributed by atoms with van der Waals surface area (Å²) >= 11 is 1.67. The van der Waals surface area contributed by atoms with Gasteiger partial charge in [0.2, 0.25) is 5.95 Å². The molecule has 3 N–H and O–H groups in total. The van der Waals surface area contributed by atoms with Crippen LogP contribution in [0.3, 0.4) is 0 Å². The lowest BCUT2D eigenvalue weighted by Crippen LogP contribution is -2.07. The first kappa shape index (κ1) is 12.8. The third kappa shape index (κ3) is 2.55. The van der Waals surface area contributed by atoms with Gasteiger partial charge in [0.15, 0.2) is 11.5 Å². The Morgan fingerprint density at radius 2 is 2.15 bits per heavy atom. The Balaban J connectivity index is 1.87. The van der Waals surface area contributed by atoms with Crippen molar-refractivity contribution in [1.29, 1.82) is 0 Å². The summed E-state index contributed by atoms with van der Waals surface area (Å²) in [4.78, 5) is 21.4. The van der Waals surface area contributed by atoms with Gasteiger partial charge in [-0.3, -0.25) is 0 Å². The summed E-state index contributed by atoms with van der Waals surface area (Å²) in [6.45, 7) is 5.45. The third-order valence-corrected chi connectivity index (χ3v) is 3.63. The molecule has 0 saturated carbocycles. The Bertz CT molecular complexity index is 717. The van der Waals surface area contributed by atoms with Crippen molar-refractivity contribution in [3.8, 4) is 0 Å². The van der Waals surface area contributed by atoms with Crippen LogP contribution < -0.4 is 10.6 Å². The van der Waals surface area contributed by atoms with Gasteiger partial charge in [-0.05, 0) is 13.8 Å². The number of aromatic amines is 1. The molecule has 0 aliphatic carbocycles. The van der Waals surface area contributed by atoms with Gasteiger partial charge < -0.3 is 15.6 Å². The Hall–Kier alpha value is -2.22. The second-order valence-corrected chi connectivity index (χ2v) is 5.55. The van der Waals surface area contributed by atoms with Crippen LogP contribution in [0.5, 0.6) is 0 Å². The average molecular weight is 289 g/mol. The van der Waals surface area contributed by atoms with Crippen molar-refractivity contribution >= 4 is 34.3 Å². The topological polar surface area (TPSA) is 91.4 Å². The van der Waals surface area contributed by atoms with E-state index in [0.717, 1.165) is 22.9 Å². The number of hydrogen-bond acceptors (Lipinski definition) is 7. The number of thiazole rings is 1. The second-order valence-electron chi connectivity index (χ2n) is 4.23. The van der Waals surface area contributed by atoms with Gasteiger partial charge in [0.25, 0.3) is 0 Å². The highest BCUT2D eigenvalue weighted by Gasteiger charge is 2.09. The lowest BCUT2D eigenvalue weighted by atomic mass is 10.4. The van der Waals surface area contributed by atoms with E-state index in [9.17, 15) is 0 Å². The predicted octanol–water partition coefficient (Wildman–Crippen LogP) is 2.16. The van der Waals surface area contributed by atoms with Gasteiger partial charge in [-0.2, -0.15) is 9.97 Å². The smallest absolute Gasteiger partial charge is 0.226 e. The van der Waals surface area contributed by atoms with Crippen LogP contribution in [-0.4, -0.2) is 31.5 Å². The van der Waals surface area contributed by atoms with E-state index in [1.165, 1.54) is 4.88 Å². The van der Waals surface area contributed by atoms with Crippen LogP contribution in [0.15, 0.2) is 12.5 Å². The summed E-state index contributed by atoms with van der Waals surface area (Å²) in [5, 5.41) is 7.48. The molecule has 7 nitrogen and oxygen atoms in total. The standard InChI is InChI=1S/C12H15N7S/c1-3-13-12-18-10(9-11(19-12)17-6-16-9)15-5-8-4-14-7(2)20-8/h4,6H,3,5H2,1-2H3,(H3,13,15,16,17,18,19). The lowest BCUT2D eigenvalue weighted by molar-refractivity contribution is 1.07. The van der Waals surface area contributed by atoms with Crippen LogP contribution in [0.1, 0.15) is 16.8 Å². The van der Waals surface area contributed by atoms with Crippen molar-refractivity contribution < 1.29 is 0 Å². The zero-order valence-corrected chi connectivity index (χ0v) is 12.1. The van der Waals surface area contributed by atoms with Crippen LogP contribution in [0.4, 0.5) is 11.8 Å². The molecule has 3 heterocycles. The summed E-state index contributed by atoms with van der Waals surface area (Å²) in [6, 6.07) is 0. The zero-order valence-electron chi connectivity index (χ0n) is 11.3. The Morgan fingerprint density at radius 1 is 1.25 bits per heavy atom. The minimum Gasteiger partial charge on any atom is -0.363 e. The number of hydrogen-bond donors (Lipinski definition) is 3. The molecule has 3 aromatic heterocycles. The number of nitrogens with one attached hydrogen (secondary N) is 3. The number of imidazole rings is 1. The molecule has 0 aliphatic heterocycles. The van der Waals surface area contributed by atoms with Crippen LogP contribution in [0.25, 0.3) is 11.2 Å². The highest BCUT2D eigenvalue weighted by molar-refractivity contribution is 7.11. The maximum absolute atomic E-state index is 4.46. The molecule has 0 aromatic carbocycles. The van der Waals surface area contributed by atoms with Crippen LogP contribution >= 0.6 is 11.3 Å². The van der Waals surface area contributed by atoms with Crippen LogP contribution in [0.2, 0.25) is 0 Å². The van der Waals surface area contributed by atoms with Crippen molar-refractivity contribution in [1.82, 2.24) is 24.9 Å². The number of H-pyrrole nitrogens is 1. The zero-order chi connectivity index (χ0) is 13.9. The summed E-state index contributed by atoms with van der Waals surface area (Å²) < 4.78 is 0. The van der Waals surface area contributed by atoms with Gasteiger partial charge in [-0.25, -0.2) is 9.97 Å². The van der Waals surface area contributed by atoms with E-state index < -0.39 is 0 Å². The maximum Gasteiger partial charge on any atom is 0.226 e. The lowest BCUT2D eigenvalue weighted by Gasteiger charge is -2.07. The minimum atomic E-state index is 0.579. The second kappa shape index (κ2) is 5.41. The molecule has 3 aromatic rings. The molecule has 0 radical (unpaired) electrons. The molecule has 104 valence electrons. The van der Waals surface area contributed by atoms with Crippen LogP contribution in [0, 0.1) is 6.92 Å². The fourth-order valence-corrected chi connectivity index (χ4v) is 2.59. The number of rotatable bonds is 5. The molecule has 0 amide bonds. The highest BCUT2D eigenvalue weighted by atomic mass is 32.1. The molecule has 0 bridgehead atoms. The van der Waals surface area contributed by atoms with Crippen molar-refractivity contribution in [3.05, 3.63) is 22.4 Å². The molecular weight excluding hydrogens is 274 g/mol. The third-order valence-electron chi connectivity index (χ3n) is 2.72. The van der Waals surface area contributed by atoms with E-state index in [1.54, 1.807) is 17.7 Å². The molecule has 0 spiro atoms. The van der Waals surface area contributed by atoms with Gasteiger partial charge in [-0.1, -0.05) is 0 Å². The van der Waals surface area contributed by atoms with Crippen molar-refractivity contribution in [2.24, 2.45) is 0 Å². The Kier molecular flexibility index (Phi) is 3.46. The van der Waals surface area contributed by atoms with Crippen molar-refractivity contribution in [2.45, 2.75) is 20.4 Å². The van der Waals surface area contributed by atoms with Gasteiger partial charge in [-0.15, -0.1) is 11.3 Å². The van der Waals surface area contributed by atoms with E-state index in [-0.39, 0.29) is 0 Å². The first-order valence-corrected chi connectivity index (χ1v) is 7.18. The van der Waals surface area contributed by atoms with Crippen molar-refractivity contribution in [2.75, 3.05) is 17.2 Å². The van der Waals surface area contributed by atoms with E-state index in [0.29, 0.717) is 18.1 Å². The molecule has 0 atom stereocenters. The van der Waals surface area contributed by atoms with Gasteiger partial charge in [0.05, 0.1) is 17.9 Å². The minimum absolute atomic E-state index is 0.579. The monoisotopic (exact) mass is 289 g/mol. The largest absolute Gasteiger partial charge is 0.363 e. The first-order valence-electron chi connectivity index (χ1n) is 6.36. The number of aryl methyl sites for hydroxylation is 1. The van der Waals surface area contributed by atoms with Crippen molar-refractivity contribution in [3.63, 3.8) is 0 Å². The quantitative estimate of drug-likeness (QED) is 0.666. The van der Waals surface area contributed by atoms with Gasteiger partial charge in [0.1, 0.15) is 5.52 Å². The molecule has 3 rings (SSSR count). The summed E-state index contributed by atoms with van der Waals surface area (Å²) in [5.41, 5.74) is 1.46. The predicted molar refractivity (Wildman–Crippen MR) is 80.0 cm³/mol. The number of anilines is 2. The molecule has 8 heteroatoms. The Labute approximate surface area is 119 Å².